The summed E-state index contributed by atoms with van der Waals surface area (Å²) in [6.45, 7) is 3.45. The minimum atomic E-state index is -1.10. The van der Waals surface area contributed by atoms with E-state index in [1.54, 1.807) is 24.3 Å². The summed E-state index contributed by atoms with van der Waals surface area (Å²) in [5.41, 5.74) is 0. The third-order valence-electron chi connectivity index (χ3n) is 1.95. The summed E-state index contributed by atoms with van der Waals surface area (Å²) in [6, 6.07) is 9.00. The maximum Gasteiger partial charge on any atom is 0.315 e. The van der Waals surface area contributed by atoms with Crippen molar-refractivity contribution in [2.75, 3.05) is 0 Å². The molecule has 0 saturated heterocycles. The molecule has 1 unspecified atom stereocenters. The monoisotopic (exact) mass is 236 g/mol. The maximum atomic E-state index is 11.7. The summed E-state index contributed by atoms with van der Waals surface area (Å²) in [7, 11) is 0. The Kier molecular flexibility index (Phi) is 4.79. The van der Waals surface area contributed by atoms with E-state index in [2.05, 4.69) is 6.58 Å². The van der Waals surface area contributed by atoms with E-state index < -0.39 is 11.9 Å². The smallest absolute Gasteiger partial charge is 0.315 e. The number of aliphatic carboxylic acids is 1. The van der Waals surface area contributed by atoms with Crippen LogP contribution >= 0.6 is 11.8 Å². The number of allylic oxidation sites excluding steroid dienone is 1. The first kappa shape index (κ1) is 12.5. The molecule has 0 saturated carbocycles. The minimum Gasteiger partial charge on any atom is -0.481 e. The van der Waals surface area contributed by atoms with Crippen molar-refractivity contribution in [1.29, 1.82) is 0 Å². The molecule has 0 aromatic heterocycles. The zero-order chi connectivity index (χ0) is 12.0. The van der Waals surface area contributed by atoms with Gasteiger partial charge in [0, 0.05) is 4.90 Å². The number of thioether (sulfide) groups is 1. The molecule has 1 N–H and O–H groups in total. The van der Waals surface area contributed by atoms with Gasteiger partial charge in [-0.15, -0.1) is 6.58 Å². The number of carboxylic acid groups (broad SMARTS) is 1. The second-order valence-electron chi connectivity index (χ2n) is 3.15. The zero-order valence-corrected chi connectivity index (χ0v) is 9.44. The van der Waals surface area contributed by atoms with Crippen molar-refractivity contribution in [3.63, 3.8) is 0 Å². The van der Waals surface area contributed by atoms with Gasteiger partial charge in [-0.2, -0.15) is 0 Å². The molecule has 1 rings (SSSR count). The number of carboxylic acids is 1. The van der Waals surface area contributed by atoms with Crippen LogP contribution < -0.4 is 0 Å². The van der Waals surface area contributed by atoms with Crippen molar-refractivity contribution in [2.24, 2.45) is 5.92 Å². The van der Waals surface area contributed by atoms with Crippen LogP contribution in [0.4, 0.5) is 0 Å². The number of rotatable bonds is 5. The summed E-state index contributed by atoms with van der Waals surface area (Å²) in [6.07, 6.45) is 1.61. The van der Waals surface area contributed by atoms with Crippen LogP contribution in [0.5, 0.6) is 0 Å². The van der Waals surface area contributed by atoms with Gasteiger partial charge in [0.05, 0.1) is 0 Å². The van der Waals surface area contributed by atoms with Crippen molar-refractivity contribution < 1.29 is 14.7 Å². The Bertz CT molecular complexity index is 387. The van der Waals surface area contributed by atoms with E-state index in [-0.39, 0.29) is 11.5 Å². The van der Waals surface area contributed by atoms with Crippen molar-refractivity contribution in [1.82, 2.24) is 0 Å². The summed E-state index contributed by atoms with van der Waals surface area (Å²) in [4.78, 5) is 23.3. The predicted octanol–water partition coefficient (Wildman–Crippen LogP) is 2.58. The number of carbonyl (C=O) groups excluding carboxylic acids is 1. The highest BCUT2D eigenvalue weighted by atomic mass is 32.2. The van der Waals surface area contributed by atoms with E-state index in [4.69, 9.17) is 5.11 Å². The molecular formula is C12H12O3S. The van der Waals surface area contributed by atoms with Crippen LogP contribution in [-0.2, 0) is 9.59 Å². The van der Waals surface area contributed by atoms with Gasteiger partial charge in [0.2, 0.25) is 5.12 Å². The Morgan fingerprint density at radius 3 is 2.50 bits per heavy atom. The second kappa shape index (κ2) is 6.12. The van der Waals surface area contributed by atoms with Gasteiger partial charge in [0.15, 0.2) is 0 Å². The zero-order valence-electron chi connectivity index (χ0n) is 8.63. The molecule has 0 amide bonds. The topological polar surface area (TPSA) is 54.4 Å². The highest BCUT2D eigenvalue weighted by molar-refractivity contribution is 8.13. The van der Waals surface area contributed by atoms with Crippen LogP contribution in [0, 0.1) is 5.92 Å². The lowest BCUT2D eigenvalue weighted by atomic mass is 10.1. The van der Waals surface area contributed by atoms with Crippen LogP contribution in [-0.4, -0.2) is 16.2 Å². The second-order valence-corrected chi connectivity index (χ2v) is 4.23. The standard InChI is InChI=1S/C12H12O3S/c1-2-6-10(11(13)14)12(15)16-9-7-4-3-5-8-9/h2-5,7-8,10H,1,6H2,(H,13,14). The molecule has 16 heavy (non-hydrogen) atoms. The molecule has 84 valence electrons. The third-order valence-corrected chi connectivity index (χ3v) is 2.94. The molecule has 0 heterocycles. The highest BCUT2D eigenvalue weighted by Gasteiger charge is 2.25. The van der Waals surface area contributed by atoms with E-state index in [9.17, 15) is 9.59 Å². The van der Waals surface area contributed by atoms with Gasteiger partial charge >= 0.3 is 5.97 Å². The van der Waals surface area contributed by atoms with E-state index in [0.717, 1.165) is 16.7 Å². The van der Waals surface area contributed by atoms with Gasteiger partial charge in [-0.3, -0.25) is 9.59 Å². The quantitative estimate of drug-likeness (QED) is 0.485. The molecule has 3 nitrogen and oxygen atoms in total. The van der Waals surface area contributed by atoms with Gasteiger partial charge in [-0.1, -0.05) is 36.0 Å². The molecular weight excluding hydrogens is 224 g/mol. The van der Waals surface area contributed by atoms with Crippen LogP contribution in [0.1, 0.15) is 6.42 Å². The lowest BCUT2D eigenvalue weighted by Gasteiger charge is -2.07. The van der Waals surface area contributed by atoms with E-state index >= 15 is 0 Å². The molecule has 0 aliphatic rings. The number of hydrogen-bond acceptors (Lipinski definition) is 3. The van der Waals surface area contributed by atoms with Crippen molar-refractivity contribution >= 4 is 22.8 Å². The van der Waals surface area contributed by atoms with Crippen molar-refractivity contribution in [3.8, 4) is 0 Å². The Morgan fingerprint density at radius 2 is 2.00 bits per heavy atom. The molecule has 0 aliphatic heterocycles. The van der Waals surface area contributed by atoms with Gasteiger partial charge in [-0.25, -0.2) is 0 Å². The fourth-order valence-corrected chi connectivity index (χ4v) is 2.01. The Labute approximate surface area is 98.2 Å². The van der Waals surface area contributed by atoms with E-state index in [0.29, 0.717) is 0 Å². The lowest BCUT2D eigenvalue weighted by Crippen LogP contribution is -2.20. The molecule has 0 fully saturated rings. The highest BCUT2D eigenvalue weighted by Crippen LogP contribution is 2.23. The first-order valence-corrected chi connectivity index (χ1v) is 5.57. The number of hydrogen-bond donors (Lipinski definition) is 1. The third kappa shape index (κ3) is 3.55. The summed E-state index contributed by atoms with van der Waals surface area (Å²) < 4.78 is 0. The molecule has 1 aromatic rings. The molecule has 1 atom stereocenters. The lowest BCUT2D eigenvalue weighted by molar-refractivity contribution is -0.143. The molecule has 0 spiro atoms. The van der Waals surface area contributed by atoms with E-state index in [1.165, 1.54) is 6.08 Å². The fraction of sp³-hybridized carbons (Fsp3) is 0.167. The summed E-state index contributed by atoms with van der Waals surface area (Å²) in [5, 5.41) is 8.51. The van der Waals surface area contributed by atoms with Gasteiger partial charge in [0.1, 0.15) is 5.92 Å². The fourth-order valence-electron chi connectivity index (χ4n) is 1.14. The minimum absolute atomic E-state index is 0.161. The first-order chi connectivity index (χ1) is 7.65. The Balaban J connectivity index is 2.69. The molecule has 0 aliphatic carbocycles. The first-order valence-electron chi connectivity index (χ1n) is 4.75. The normalized spacial score (nSPS) is 11.8. The van der Waals surface area contributed by atoms with Crippen LogP contribution in [0.3, 0.4) is 0 Å². The maximum absolute atomic E-state index is 11.7. The molecule has 0 radical (unpaired) electrons. The Morgan fingerprint density at radius 1 is 1.38 bits per heavy atom. The summed E-state index contributed by atoms with van der Waals surface area (Å²) >= 11 is 0.952. The van der Waals surface area contributed by atoms with Gasteiger partial charge in [-0.05, 0) is 18.6 Å². The van der Waals surface area contributed by atoms with Crippen LogP contribution in [0.2, 0.25) is 0 Å². The summed E-state index contributed by atoms with van der Waals surface area (Å²) in [5.74, 6) is -2.11. The largest absolute Gasteiger partial charge is 0.481 e. The van der Waals surface area contributed by atoms with E-state index in [1.807, 2.05) is 6.07 Å². The average Bonchev–Trinajstić information content (AvgIpc) is 2.26. The number of benzene rings is 1. The Hall–Kier alpha value is -1.55. The average molecular weight is 236 g/mol. The van der Waals surface area contributed by atoms with Crippen LogP contribution in [0.15, 0.2) is 47.9 Å². The predicted molar refractivity (Wildman–Crippen MR) is 63.2 cm³/mol. The van der Waals surface area contributed by atoms with Gasteiger partial charge < -0.3 is 5.11 Å². The van der Waals surface area contributed by atoms with Gasteiger partial charge in [0.25, 0.3) is 0 Å². The number of carbonyl (C=O) groups is 2. The van der Waals surface area contributed by atoms with Crippen molar-refractivity contribution in [3.05, 3.63) is 43.0 Å². The van der Waals surface area contributed by atoms with Crippen molar-refractivity contribution in [2.45, 2.75) is 11.3 Å². The van der Waals surface area contributed by atoms with Crippen LogP contribution in [0.25, 0.3) is 0 Å². The molecule has 4 heteroatoms. The molecule has 0 bridgehead atoms. The SMILES string of the molecule is C=CCC(C(=O)O)C(=O)Sc1ccccc1. The molecule has 1 aromatic carbocycles.